The van der Waals surface area contributed by atoms with Crippen molar-refractivity contribution in [3.05, 3.63) is 66.4 Å². The van der Waals surface area contributed by atoms with Gasteiger partial charge < -0.3 is 19.8 Å². The molecule has 0 spiro atoms. The second-order valence-corrected chi connectivity index (χ2v) is 5.44. The first-order valence-electron chi connectivity index (χ1n) is 7.83. The van der Waals surface area contributed by atoms with Crippen molar-refractivity contribution in [1.29, 1.82) is 0 Å². The molecule has 6 heteroatoms. The number of nitrogens with one attached hydrogen (secondary N) is 2. The van der Waals surface area contributed by atoms with Crippen LogP contribution in [0.2, 0.25) is 0 Å². The van der Waals surface area contributed by atoms with Crippen LogP contribution in [0.1, 0.15) is 11.9 Å². The second kappa shape index (κ2) is 7.63. The van der Waals surface area contributed by atoms with Gasteiger partial charge in [-0.2, -0.15) is 0 Å². The van der Waals surface area contributed by atoms with E-state index >= 15 is 0 Å². The number of hydrogen-bond donors (Lipinski definition) is 2. The van der Waals surface area contributed by atoms with Crippen LogP contribution in [-0.4, -0.2) is 25.5 Å². The van der Waals surface area contributed by atoms with E-state index in [0.29, 0.717) is 11.4 Å². The molecule has 0 radical (unpaired) electrons. The average Bonchev–Trinajstić information content (AvgIpc) is 3.06. The van der Waals surface area contributed by atoms with Gasteiger partial charge in [-0.15, -0.1) is 0 Å². The second-order valence-electron chi connectivity index (χ2n) is 5.44. The van der Waals surface area contributed by atoms with Gasteiger partial charge in [-0.3, -0.25) is 9.59 Å². The molecule has 1 aromatic heterocycles. The predicted octanol–water partition coefficient (Wildman–Crippen LogP) is 2.88. The number of methoxy groups -OCH3 is 1. The fraction of sp³-hybridized carbons (Fsp3) is 0.158. The standard InChI is InChI=1S/C19H18N2O4/c1-24-17(16-11-13-7-5-6-10-15(13)25-16)12-20-18(22)19(23)21-14-8-3-2-4-9-14/h2-11,17H,12H2,1H3,(H,20,22)(H,21,23)/t17-/m0/s1. The molecule has 0 fully saturated rings. The summed E-state index contributed by atoms with van der Waals surface area (Å²) in [6.07, 6.45) is -0.485. The maximum absolute atomic E-state index is 12.0. The van der Waals surface area contributed by atoms with E-state index in [9.17, 15) is 9.59 Å². The monoisotopic (exact) mass is 338 g/mol. The van der Waals surface area contributed by atoms with Crippen molar-refractivity contribution in [2.75, 3.05) is 19.0 Å². The third kappa shape index (κ3) is 4.05. The first-order chi connectivity index (χ1) is 12.2. The Morgan fingerprint density at radius 2 is 1.76 bits per heavy atom. The van der Waals surface area contributed by atoms with E-state index < -0.39 is 17.9 Å². The summed E-state index contributed by atoms with van der Waals surface area (Å²) in [4.78, 5) is 23.9. The Morgan fingerprint density at radius 3 is 2.48 bits per heavy atom. The minimum atomic E-state index is -0.734. The number of ether oxygens (including phenoxy) is 1. The highest BCUT2D eigenvalue weighted by atomic mass is 16.5. The molecule has 3 aromatic rings. The van der Waals surface area contributed by atoms with Crippen molar-refractivity contribution >= 4 is 28.5 Å². The van der Waals surface area contributed by atoms with Gasteiger partial charge in [0.25, 0.3) is 0 Å². The zero-order valence-electron chi connectivity index (χ0n) is 13.7. The number of hydrogen-bond acceptors (Lipinski definition) is 4. The zero-order valence-corrected chi connectivity index (χ0v) is 13.7. The molecule has 1 heterocycles. The van der Waals surface area contributed by atoms with E-state index in [1.54, 1.807) is 24.3 Å². The van der Waals surface area contributed by atoms with Crippen molar-refractivity contribution in [1.82, 2.24) is 5.32 Å². The van der Waals surface area contributed by atoms with Crippen LogP contribution in [-0.2, 0) is 14.3 Å². The van der Waals surface area contributed by atoms with Gasteiger partial charge >= 0.3 is 11.8 Å². The molecule has 1 atom stereocenters. The van der Waals surface area contributed by atoms with Gasteiger partial charge in [-0.25, -0.2) is 0 Å². The lowest BCUT2D eigenvalue weighted by molar-refractivity contribution is -0.136. The topological polar surface area (TPSA) is 80.6 Å². The Balaban J connectivity index is 1.60. The van der Waals surface area contributed by atoms with Crippen LogP contribution in [0.15, 0.2) is 65.1 Å². The molecule has 0 saturated heterocycles. The molecule has 2 aromatic carbocycles. The van der Waals surface area contributed by atoms with Gasteiger partial charge in [0.2, 0.25) is 0 Å². The van der Waals surface area contributed by atoms with Crippen LogP contribution in [0.3, 0.4) is 0 Å². The number of fused-ring (bicyclic) bond motifs is 1. The van der Waals surface area contributed by atoms with Crippen LogP contribution in [0.25, 0.3) is 11.0 Å². The summed E-state index contributed by atoms with van der Waals surface area (Å²) < 4.78 is 11.1. The zero-order chi connectivity index (χ0) is 17.6. The van der Waals surface area contributed by atoms with Gasteiger partial charge in [-0.1, -0.05) is 36.4 Å². The van der Waals surface area contributed by atoms with E-state index in [4.69, 9.17) is 9.15 Å². The summed E-state index contributed by atoms with van der Waals surface area (Å²) in [7, 11) is 1.52. The van der Waals surface area contributed by atoms with Gasteiger partial charge in [0.05, 0.1) is 6.54 Å². The molecule has 0 aliphatic heterocycles. The molecule has 0 aliphatic rings. The molecule has 0 bridgehead atoms. The molecule has 128 valence electrons. The van der Waals surface area contributed by atoms with E-state index in [1.165, 1.54) is 7.11 Å². The maximum Gasteiger partial charge on any atom is 0.313 e. The van der Waals surface area contributed by atoms with Crippen LogP contribution >= 0.6 is 0 Å². The number of carbonyl (C=O) groups excluding carboxylic acids is 2. The Bertz CT molecular complexity index is 840. The normalized spacial score (nSPS) is 11.9. The van der Waals surface area contributed by atoms with Crippen molar-refractivity contribution in [2.45, 2.75) is 6.10 Å². The van der Waals surface area contributed by atoms with E-state index in [1.807, 2.05) is 36.4 Å². The minimum Gasteiger partial charge on any atom is -0.458 e. The summed E-state index contributed by atoms with van der Waals surface area (Å²) in [6, 6.07) is 18.2. The molecule has 2 N–H and O–H groups in total. The number of rotatable bonds is 5. The quantitative estimate of drug-likeness (QED) is 0.701. The third-order valence-electron chi connectivity index (χ3n) is 3.73. The Hall–Kier alpha value is -3.12. The fourth-order valence-electron chi connectivity index (χ4n) is 2.44. The third-order valence-corrected chi connectivity index (χ3v) is 3.73. The molecule has 25 heavy (non-hydrogen) atoms. The smallest absolute Gasteiger partial charge is 0.313 e. The molecular weight excluding hydrogens is 320 g/mol. The minimum absolute atomic E-state index is 0.122. The molecular formula is C19H18N2O4. The van der Waals surface area contributed by atoms with Crippen molar-refractivity contribution < 1.29 is 18.7 Å². The highest BCUT2D eigenvalue weighted by Crippen LogP contribution is 2.25. The van der Waals surface area contributed by atoms with Crippen LogP contribution in [0.5, 0.6) is 0 Å². The van der Waals surface area contributed by atoms with E-state index in [2.05, 4.69) is 10.6 Å². The number of carbonyl (C=O) groups is 2. The first-order valence-corrected chi connectivity index (χ1v) is 7.83. The summed E-state index contributed by atoms with van der Waals surface area (Å²) in [5.41, 5.74) is 1.30. The summed E-state index contributed by atoms with van der Waals surface area (Å²) in [5.74, 6) is -0.875. The van der Waals surface area contributed by atoms with E-state index in [-0.39, 0.29) is 6.54 Å². The highest BCUT2D eigenvalue weighted by Gasteiger charge is 2.19. The van der Waals surface area contributed by atoms with E-state index in [0.717, 1.165) is 11.0 Å². The summed E-state index contributed by atoms with van der Waals surface area (Å²) in [6.45, 7) is 0.122. The molecule has 0 unspecified atom stereocenters. The highest BCUT2D eigenvalue weighted by molar-refractivity contribution is 6.39. The summed E-state index contributed by atoms with van der Waals surface area (Å²) >= 11 is 0. The largest absolute Gasteiger partial charge is 0.458 e. The number of furan rings is 1. The SMILES string of the molecule is CO[C@@H](CNC(=O)C(=O)Nc1ccccc1)c1cc2ccccc2o1. The van der Waals surface area contributed by atoms with Crippen LogP contribution in [0.4, 0.5) is 5.69 Å². The molecule has 3 rings (SSSR count). The average molecular weight is 338 g/mol. The number of anilines is 1. The maximum atomic E-state index is 12.0. The summed E-state index contributed by atoms with van der Waals surface area (Å²) in [5, 5.41) is 6.04. The van der Waals surface area contributed by atoms with Gasteiger partial charge in [0.15, 0.2) is 0 Å². The van der Waals surface area contributed by atoms with Crippen molar-refractivity contribution in [3.8, 4) is 0 Å². The first kappa shape index (κ1) is 16.7. The van der Waals surface area contributed by atoms with Crippen molar-refractivity contribution in [2.24, 2.45) is 0 Å². The number of amides is 2. The Labute approximate surface area is 144 Å². The predicted molar refractivity (Wildman–Crippen MR) is 94.0 cm³/mol. The molecule has 0 saturated carbocycles. The number of benzene rings is 2. The van der Waals surface area contributed by atoms with Gasteiger partial charge in [-0.05, 0) is 24.3 Å². The van der Waals surface area contributed by atoms with Gasteiger partial charge in [0.1, 0.15) is 17.4 Å². The van der Waals surface area contributed by atoms with Crippen LogP contribution < -0.4 is 10.6 Å². The lowest BCUT2D eigenvalue weighted by atomic mass is 10.2. The lowest BCUT2D eigenvalue weighted by Gasteiger charge is -2.13. The number of para-hydroxylation sites is 2. The van der Waals surface area contributed by atoms with Crippen molar-refractivity contribution in [3.63, 3.8) is 0 Å². The van der Waals surface area contributed by atoms with Gasteiger partial charge in [0, 0.05) is 18.2 Å². The fourth-order valence-corrected chi connectivity index (χ4v) is 2.44. The lowest BCUT2D eigenvalue weighted by Crippen LogP contribution is -2.37. The Morgan fingerprint density at radius 1 is 1.04 bits per heavy atom. The molecule has 2 amide bonds. The molecule has 0 aliphatic carbocycles. The molecule has 6 nitrogen and oxygen atoms in total. The Kier molecular flexibility index (Phi) is 5.11. The van der Waals surface area contributed by atoms with Crippen LogP contribution in [0, 0.1) is 0 Å².